The number of hydrogen-bond donors (Lipinski definition) is 3. The average Bonchev–Trinajstić information content (AvgIpc) is 3.12. The Bertz CT molecular complexity index is 1260. The van der Waals surface area contributed by atoms with Gasteiger partial charge >= 0.3 is 12.3 Å². The number of hydrogen-bond acceptors (Lipinski definition) is 8. The van der Waals surface area contributed by atoms with Crippen LogP contribution in [0.5, 0.6) is 5.75 Å². The van der Waals surface area contributed by atoms with E-state index in [1.807, 2.05) is 0 Å². The van der Waals surface area contributed by atoms with Gasteiger partial charge in [0.25, 0.3) is 6.01 Å². The summed E-state index contributed by atoms with van der Waals surface area (Å²) in [6.45, 7) is 7.12. The number of carbonyl (C=O) groups excluding carboxylic acids is 1. The highest BCUT2D eigenvalue weighted by molar-refractivity contribution is 5.78. The number of oxazole rings is 1. The summed E-state index contributed by atoms with van der Waals surface area (Å²) in [7, 11) is 0. The Morgan fingerprint density at radius 1 is 1.19 bits per heavy atom. The number of nitrogens with one attached hydrogen (secondary N) is 1. The maximum atomic E-state index is 13.1. The second kappa shape index (κ2) is 9.16. The van der Waals surface area contributed by atoms with Crippen LogP contribution < -0.4 is 5.32 Å². The molecule has 1 aliphatic heterocycles. The van der Waals surface area contributed by atoms with E-state index in [2.05, 4.69) is 15.3 Å². The van der Waals surface area contributed by atoms with Crippen molar-refractivity contribution >= 4 is 23.3 Å². The molecule has 3 N–H and O–H groups in total. The number of benzene rings is 1. The quantitative estimate of drug-likeness (QED) is 0.465. The molecule has 3 heterocycles. The van der Waals surface area contributed by atoms with Gasteiger partial charge in [0.1, 0.15) is 11.4 Å². The van der Waals surface area contributed by atoms with Crippen LogP contribution in [0.25, 0.3) is 22.5 Å². The normalized spacial score (nSPS) is 18.9. The number of alkyl halides is 3. The molecule has 1 amide bonds. The molecule has 2 atom stereocenters. The number of rotatable bonds is 3. The van der Waals surface area contributed by atoms with Crippen molar-refractivity contribution in [1.82, 2.24) is 14.9 Å². The lowest BCUT2D eigenvalue weighted by Gasteiger charge is -2.36. The van der Waals surface area contributed by atoms with Crippen LogP contribution in [-0.2, 0) is 10.9 Å². The summed E-state index contributed by atoms with van der Waals surface area (Å²) in [4.78, 5) is 22.5. The Labute approximate surface area is 204 Å². The number of aliphatic hydroxyl groups excluding tert-OH is 1. The van der Waals surface area contributed by atoms with Gasteiger partial charge in [0, 0.05) is 12.1 Å². The van der Waals surface area contributed by atoms with Gasteiger partial charge in [-0.05, 0) is 63.9 Å². The molecule has 3 aromatic rings. The number of pyridine rings is 1. The molecule has 0 spiro atoms. The van der Waals surface area contributed by atoms with Crippen LogP contribution >= 0.6 is 0 Å². The summed E-state index contributed by atoms with van der Waals surface area (Å²) >= 11 is 0. The molecule has 1 aromatic carbocycles. The van der Waals surface area contributed by atoms with E-state index in [4.69, 9.17) is 9.15 Å². The van der Waals surface area contributed by atoms with Crippen molar-refractivity contribution in [2.24, 2.45) is 0 Å². The second-order valence-corrected chi connectivity index (χ2v) is 9.84. The van der Waals surface area contributed by atoms with Gasteiger partial charge in [-0.3, -0.25) is 0 Å². The minimum absolute atomic E-state index is 0.103. The molecule has 194 valence electrons. The predicted octanol–water partition coefficient (Wildman–Crippen LogP) is 4.70. The Kier molecular flexibility index (Phi) is 6.50. The number of fused-ring (bicyclic) bond motifs is 1. The number of halogens is 3. The number of β-amino-alcohol motifs (C(OH)–C–C–N with tert-alkyl or cyclic N) is 1. The fourth-order valence-corrected chi connectivity index (χ4v) is 4.11. The number of aryl methyl sites for hydroxylation is 1. The number of likely N-dealkylation sites (tertiary alicyclic amines) is 1. The molecule has 9 nitrogen and oxygen atoms in total. The first-order valence-corrected chi connectivity index (χ1v) is 11.3. The third kappa shape index (κ3) is 5.64. The summed E-state index contributed by atoms with van der Waals surface area (Å²) < 4.78 is 50.2. The number of aliphatic hydroxyl groups is 1. The first-order valence-electron chi connectivity index (χ1n) is 11.3. The van der Waals surface area contributed by atoms with Crippen LogP contribution in [0.3, 0.4) is 0 Å². The topological polar surface area (TPSA) is 121 Å². The number of anilines is 1. The third-order valence-electron chi connectivity index (χ3n) is 5.56. The van der Waals surface area contributed by atoms with E-state index in [0.717, 1.165) is 6.07 Å². The lowest BCUT2D eigenvalue weighted by atomic mass is 10.0. The average molecular weight is 508 g/mol. The van der Waals surface area contributed by atoms with Gasteiger partial charge in [0.05, 0.1) is 29.9 Å². The smallest absolute Gasteiger partial charge is 0.416 e. The number of aromatic nitrogens is 2. The van der Waals surface area contributed by atoms with E-state index in [1.54, 1.807) is 26.8 Å². The van der Waals surface area contributed by atoms with Gasteiger partial charge in [-0.2, -0.15) is 18.2 Å². The summed E-state index contributed by atoms with van der Waals surface area (Å²) in [6.07, 6.45) is -5.56. The van der Waals surface area contributed by atoms with Crippen LogP contribution in [0.4, 0.5) is 24.0 Å². The second-order valence-electron chi connectivity index (χ2n) is 9.84. The molecule has 0 saturated carbocycles. The van der Waals surface area contributed by atoms with Gasteiger partial charge in [0.2, 0.25) is 5.65 Å². The molecule has 2 aromatic heterocycles. The van der Waals surface area contributed by atoms with Crippen molar-refractivity contribution in [3.63, 3.8) is 0 Å². The zero-order valence-electron chi connectivity index (χ0n) is 20.2. The van der Waals surface area contributed by atoms with Gasteiger partial charge in [-0.25, -0.2) is 9.78 Å². The third-order valence-corrected chi connectivity index (χ3v) is 5.56. The lowest BCUT2D eigenvalue weighted by molar-refractivity contribution is -0.137. The molecule has 1 fully saturated rings. The summed E-state index contributed by atoms with van der Waals surface area (Å²) in [6, 6.07) is 4.40. The molecule has 0 aliphatic carbocycles. The van der Waals surface area contributed by atoms with Crippen molar-refractivity contribution in [2.45, 2.75) is 58.0 Å². The zero-order chi connectivity index (χ0) is 26.4. The summed E-state index contributed by atoms with van der Waals surface area (Å²) in [5, 5.41) is 23.6. The van der Waals surface area contributed by atoms with Crippen molar-refractivity contribution in [1.29, 1.82) is 0 Å². The Hall–Kier alpha value is -3.54. The van der Waals surface area contributed by atoms with Crippen LogP contribution in [0.1, 0.15) is 38.3 Å². The molecule has 1 aliphatic rings. The number of piperidine rings is 1. The maximum Gasteiger partial charge on any atom is 0.416 e. The van der Waals surface area contributed by atoms with Gasteiger partial charge in [0.15, 0.2) is 5.58 Å². The highest BCUT2D eigenvalue weighted by Crippen LogP contribution is 2.39. The molecule has 1 saturated heterocycles. The van der Waals surface area contributed by atoms with E-state index in [-0.39, 0.29) is 47.6 Å². The lowest BCUT2D eigenvalue weighted by Crippen LogP contribution is -2.52. The molecular weight excluding hydrogens is 481 g/mol. The largest absolute Gasteiger partial charge is 0.507 e. The fraction of sp³-hybridized carbons (Fsp3) is 0.458. The fourth-order valence-electron chi connectivity index (χ4n) is 4.11. The molecule has 4 rings (SSSR count). The van der Waals surface area contributed by atoms with Gasteiger partial charge in [-0.1, -0.05) is 0 Å². The molecule has 12 heteroatoms. The summed E-state index contributed by atoms with van der Waals surface area (Å²) in [5.41, 5.74) is -0.549. The van der Waals surface area contributed by atoms with Crippen LogP contribution in [0.2, 0.25) is 0 Å². The monoisotopic (exact) mass is 508 g/mol. The number of carbonyl (C=O) groups is 1. The number of phenolic OH excluding ortho intramolecular Hbond substituents is 1. The minimum Gasteiger partial charge on any atom is -0.507 e. The molecule has 0 radical (unpaired) electrons. The highest BCUT2D eigenvalue weighted by Gasteiger charge is 2.33. The van der Waals surface area contributed by atoms with Gasteiger partial charge in [-0.15, -0.1) is 0 Å². The minimum atomic E-state index is -4.59. The molecule has 36 heavy (non-hydrogen) atoms. The van der Waals surface area contributed by atoms with Crippen LogP contribution in [0, 0.1) is 6.92 Å². The Morgan fingerprint density at radius 3 is 2.56 bits per heavy atom. The van der Waals surface area contributed by atoms with E-state index in [9.17, 15) is 28.2 Å². The first-order chi connectivity index (χ1) is 16.7. The molecule has 0 bridgehead atoms. The van der Waals surface area contributed by atoms with Crippen LogP contribution in [0.15, 0.2) is 28.7 Å². The SMILES string of the molecule is Cc1cc(C(F)(F)F)cc(O)c1-c1ccc2oc(N[C@@H]3C[C@H](O)CN(C(=O)OC(C)(C)C)C3)nc2n1. The van der Waals surface area contributed by atoms with E-state index >= 15 is 0 Å². The number of ether oxygens (including phenoxy) is 1. The van der Waals surface area contributed by atoms with E-state index < -0.39 is 35.3 Å². The Morgan fingerprint density at radius 2 is 1.92 bits per heavy atom. The summed E-state index contributed by atoms with van der Waals surface area (Å²) in [5.74, 6) is -0.547. The zero-order valence-corrected chi connectivity index (χ0v) is 20.2. The van der Waals surface area contributed by atoms with Gasteiger partial charge < -0.3 is 29.6 Å². The van der Waals surface area contributed by atoms with Crippen molar-refractivity contribution in [3.05, 3.63) is 35.4 Å². The maximum absolute atomic E-state index is 13.1. The number of phenols is 1. The number of amides is 1. The van der Waals surface area contributed by atoms with Crippen molar-refractivity contribution in [2.75, 3.05) is 18.4 Å². The highest BCUT2D eigenvalue weighted by atomic mass is 19.4. The number of aromatic hydroxyl groups is 1. The molecule has 0 unspecified atom stereocenters. The van der Waals surface area contributed by atoms with E-state index in [1.165, 1.54) is 17.9 Å². The van der Waals surface area contributed by atoms with Crippen LogP contribution in [-0.4, -0.2) is 62.0 Å². The standard InChI is InChI=1S/C24H27F3N4O5/c1-12-7-13(24(25,26)27)8-17(33)19(12)16-5-6-18-20(29-16)30-21(35-18)28-14-9-15(32)11-31(10-14)22(34)36-23(2,3)4/h5-8,14-15,32-33H,9-11H2,1-4H3,(H,28,29,30)/t14-,15+/m1/s1. The number of nitrogens with zero attached hydrogens (tertiary/aromatic N) is 3. The predicted molar refractivity (Wildman–Crippen MR) is 124 cm³/mol. The molecular formula is C24H27F3N4O5. The Balaban J connectivity index is 1.55. The van der Waals surface area contributed by atoms with Crippen molar-refractivity contribution in [3.8, 4) is 17.0 Å². The van der Waals surface area contributed by atoms with E-state index in [0.29, 0.717) is 18.1 Å². The first kappa shape index (κ1) is 25.5. The van der Waals surface area contributed by atoms with Crippen molar-refractivity contribution < 1.29 is 37.3 Å².